The first kappa shape index (κ1) is 12.9. The van der Waals surface area contributed by atoms with Gasteiger partial charge < -0.3 is 10.4 Å². The lowest BCUT2D eigenvalue weighted by Gasteiger charge is -2.47. The van der Waals surface area contributed by atoms with Crippen LogP contribution < -0.4 is 5.32 Å². The molecule has 18 heavy (non-hydrogen) atoms. The van der Waals surface area contributed by atoms with Gasteiger partial charge in [0.05, 0.1) is 0 Å². The van der Waals surface area contributed by atoms with Crippen LogP contribution in [0.25, 0.3) is 0 Å². The van der Waals surface area contributed by atoms with Crippen molar-refractivity contribution >= 4 is 11.7 Å². The number of carboxylic acids is 1. The minimum absolute atomic E-state index is 0.361. The summed E-state index contributed by atoms with van der Waals surface area (Å²) in [5, 5.41) is 12.3. The summed E-state index contributed by atoms with van der Waals surface area (Å²) >= 11 is 0. The molecule has 0 saturated heterocycles. The van der Waals surface area contributed by atoms with Gasteiger partial charge in [0, 0.05) is 5.69 Å². The number of aliphatic carboxylic acids is 1. The Morgan fingerprint density at radius 2 is 2.17 bits per heavy atom. The van der Waals surface area contributed by atoms with Crippen molar-refractivity contribution in [1.29, 1.82) is 0 Å². The van der Waals surface area contributed by atoms with Gasteiger partial charge in [-0.1, -0.05) is 19.9 Å². The smallest absolute Gasteiger partial charge is 0.329 e. The second kappa shape index (κ2) is 4.59. The van der Waals surface area contributed by atoms with Crippen LogP contribution in [0.4, 0.5) is 10.1 Å². The summed E-state index contributed by atoms with van der Waals surface area (Å²) in [6, 6.07) is 5.94. The van der Waals surface area contributed by atoms with Crippen LogP contribution in [0.5, 0.6) is 0 Å². The maximum Gasteiger partial charge on any atom is 0.329 e. The fourth-order valence-electron chi connectivity index (χ4n) is 2.48. The van der Waals surface area contributed by atoms with Crippen LogP contribution in [0.1, 0.15) is 26.7 Å². The summed E-state index contributed by atoms with van der Waals surface area (Å²) in [7, 11) is 0. The number of anilines is 1. The van der Waals surface area contributed by atoms with E-state index in [-0.39, 0.29) is 5.82 Å². The molecule has 3 nitrogen and oxygen atoms in total. The third-order valence-corrected chi connectivity index (χ3v) is 3.78. The molecular weight excluding hydrogens is 233 g/mol. The molecule has 0 aromatic heterocycles. The molecule has 0 spiro atoms. The predicted octanol–water partition coefficient (Wildman–Crippen LogP) is 3.13. The Morgan fingerprint density at radius 3 is 2.67 bits per heavy atom. The molecule has 98 valence electrons. The van der Waals surface area contributed by atoms with Crippen LogP contribution >= 0.6 is 0 Å². The molecule has 0 unspecified atom stereocenters. The zero-order valence-corrected chi connectivity index (χ0v) is 10.6. The van der Waals surface area contributed by atoms with Crippen molar-refractivity contribution in [2.75, 3.05) is 5.32 Å². The summed E-state index contributed by atoms with van der Waals surface area (Å²) in [5.41, 5.74) is -0.400. The van der Waals surface area contributed by atoms with Crippen LogP contribution in [0.3, 0.4) is 0 Å². The van der Waals surface area contributed by atoms with Gasteiger partial charge in [0.2, 0.25) is 0 Å². The van der Waals surface area contributed by atoms with E-state index in [0.717, 1.165) is 0 Å². The number of halogens is 1. The standard InChI is InChI=1S/C14H18FNO2/c1-9(2)10-7-14(8-10,13(17)18)16-12-5-3-4-11(15)6-12/h3-6,9-10,16H,7-8H2,1-2H3,(H,17,18). The van der Waals surface area contributed by atoms with Gasteiger partial charge in [-0.15, -0.1) is 0 Å². The van der Waals surface area contributed by atoms with Gasteiger partial charge in [-0.05, 0) is 42.9 Å². The maximum atomic E-state index is 13.1. The third kappa shape index (κ3) is 2.33. The quantitative estimate of drug-likeness (QED) is 0.864. The molecule has 1 fully saturated rings. The molecule has 1 aromatic rings. The van der Waals surface area contributed by atoms with Crippen LogP contribution in [-0.4, -0.2) is 16.6 Å². The molecule has 0 atom stereocenters. The van der Waals surface area contributed by atoms with Crippen LogP contribution in [0.2, 0.25) is 0 Å². The molecule has 1 aliphatic carbocycles. The Labute approximate surface area is 106 Å². The number of nitrogens with one attached hydrogen (secondary N) is 1. The van der Waals surface area contributed by atoms with Gasteiger partial charge in [-0.25, -0.2) is 9.18 Å². The van der Waals surface area contributed by atoms with Crippen molar-refractivity contribution in [3.05, 3.63) is 30.1 Å². The van der Waals surface area contributed by atoms with Crippen molar-refractivity contribution in [3.63, 3.8) is 0 Å². The van der Waals surface area contributed by atoms with Gasteiger partial charge in [-0.3, -0.25) is 0 Å². The highest BCUT2D eigenvalue weighted by atomic mass is 19.1. The normalized spacial score (nSPS) is 26.8. The van der Waals surface area contributed by atoms with Crippen LogP contribution in [0, 0.1) is 17.7 Å². The Balaban J connectivity index is 2.12. The van der Waals surface area contributed by atoms with E-state index in [1.165, 1.54) is 12.1 Å². The molecule has 0 aliphatic heterocycles. The van der Waals surface area contributed by atoms with Gasteiger partial charge in [0.1, 0.15) is 11.4 Å². The fourth-order valence-corrected chi connectivity index (χ4v) is 2.48. The summed E-state index contributed by atoms with van der Waals surface area (Å²) in [6.07, 6.45) is 1.19. The molecule has 1 aromatic carbocycles. The first-order valence-electron chi connectivity index (χ1n) is 6.20. The largest absolute Gasteiger partial charge is 0.480 e. The second-order valence-corrected chi connectivity index (χ2v) is 5.43. The topological polar surface area (TPSA) is 49.3 Å². The van der Waals surface area contributed by atoms with Gasteiger partial charge in [0.15, 0.2) is 0 Å². The average Bonchev–Trinajstić information content (AvgIpc) is 2.21. The lowest BCUT2D eigenvalue weighted by atomic mass is 9.64. The van der Waals surface area contributed by atoms with Crippen molar-refractivity contribution in [1.82, 2.24) is 0 Å². The Morgan fingerprint density at radius 1 is 1.50 bits per heavy atom. The number of hydrogen-bond acceptors (Lipinski definition) is 2. The Kier molecular flexibility index (Phi) is 3.28. The van der Waals surface area contributed by atoms with E-state index in [0.29, 0.717) is 30.4 Å². The minimum atomic E-state index is -0.928. The highest BCUT2D eigenvalue weighted by Gasteiger charge is 2.51. The van der Waals surface area contributed by atoms with Crippen molar-refractivity contribution in [3.8, 4) is 0 Å². The number of rotatable bonds is 4. The summed E-state index contributed by atoms with van der Waals surface area (Å²) in [5.74, 6) is -0.321. The fraction of sp³-hybridized carbons (Fsp3) is 0.500. The summed E-state index contributed by atoms with van der Waals surface area (Å²) in [4.78, 5) is 11.4. The molecular formula is C14H18FNO2. The average molecular weight is 251 g/mol. The highest BCUT2D eigenvalue weighted by Crippen LogP contribution is 2.44. The van der Waals surface area contributed by atoms with Crippen molar-refractivity contribution < 1.29 is 14.3 Å². The summed E-state index contributed by atoms with van der Waals surface area (Å²) in [6.45, 7) is 4.19. The number of carboxylic acid groups (broad SMARTS) is 1. The van der Waals surface area contributed by atoms with Crippen molar-refractivity contribution in [2.24, 2.45) is 11.8 Å². The molecule has 1 aliphatic rings. The lowest BCUT2D eigenvalue weighted by molar-refractivity contribution is -0.148. The Hall–Kier alpha value is -1.58. The zero-order valence-electron chi connectivity index (χ0n) is 10.6. The molecule has 4 heteroatoms. The summed E-state index contributed by atoms with van der Waals surface area (Å²) < 4.78 is 13.1. The Bertz CT molecular complexity index is 453. The van der Waals surface area contributed by atoms with E-state index in [2.05, 4.69) is 19.2 Å². The number of carbonyl (C=O) groups is 1. The van der Waals surface area contributed by atoms with E-state index in [1.807, 2.05) is 0 Å². The molecule has 2 N–H and O–H groups in total. The molecule has 0 radical (unpaired) electrons. The highest BCUT2D eigenvalue weighted by molar-refractivity contribution is 5.84. The first-order valence-corrected chi connectivity index (χ1v) is 6.20. The van der Waals surface area contributed by atoms with E-state index >= 15 is 0 Å². The van der Waals surface area contributed by atoms with E-state index in [4.69, 9.17) is 0 Å². The number of hydrogen-bond donors (Lipinski definition) is 2. The molecule has 0 amide bonds. The monoisotopic (exact) mass is 251 g/mol. The van der Waals surface area contributed by atoms with Crippen LogP contribution in [0.15, 0.2) is 24.3 Å². The van der Waals surface area contributed by atoms with Crippen molar-refractivity contribution in [2.45, 2.75) is 32.2 Å². The molecule has 0 bridgehead atoms. The zero-order chi connectivity index (χ0) is 13.3. The molecule has 1 saturated carbocycles. The van der Waals surface area contributed by atoms with E-state index < -0.39 is 11.5 Å². The SMILES string of the molecule is CC(C)C1CC(Nc2cccc(F)c2)(C(=O)O)C1. The van der Waals surface area contributed by atoms with Crippen LogP contribution in [-0.2, 0) is 4.79 Å². The van der Waals surface area contributed by atoms with E-state index in [9.17, 15) is 14.3 Å². The van der Waals surface area contributed by atoms with E-state index in [1.54, 1.807) is 12.1 Å². The number of benzene rings is 1. The third-order valence-electron chi connectivity index (χ3n) is 3.78. The van der Waals surface area contributed by atoms with Gasteiger partial charge >= 0.3 is 5.97 Å². The maximum absolute atomic E-state index is 13.1. The first-order chi connectivity index (χ1) is 8.43. The molecule has 0 heterocycles. The minimum Gasteiger partial charge on any atom is -0.480 e. The van der Waals surface area contributed by atoms with Gasteiger partial charge in [0.25, 0.3) is 0 Å². The second-order valence-electron chi connectivity index (χ2n) is 5.43. The van der Waals surface area contributed by atoms with Gasteiger partial charge in [-0.2, -0.15) is 0 Å². The molecule has 2 rings (SSSR count). The lowest BCUT2D eigenvalue weighted by Crippen LogP contribution is -2.57. The predicted molar refractivity (Wildman–Crippen MR) is 68.0 cm³/mol.